The average Bonchev–Trinajstić information content (AvgIpc) is 2.95. The van der Waals surface area contributed by atoms with Crippen LogP contribution in [0, 0.1) is 12.7 Å². The lowest BCUT2D eigenvalue weighted by molar-refractivity contribution is 0.221. The molecule has 0 radical (unpaired) electrons. The zero-order chi connectivity index (χ0) is 19.4. The molecule has 1 fully saturated rings. The first-order valence-corrected chi connectivity index (χ1v) is 9.47. The van der Waals surface area contributed by atoms with Crippen molar-refractivity contribution in [2.45, 2.75) is 39.3 Å². The number of aryl methyl sites for hydroxylation is 1. The Morgan fingerprint density at radius 3 is 2.71 bits per heavy atom. The van der Waals surface area contributed by atoms with Gasteiger partial charge in [-0.3, -0.25) is 9.89 Å². The zero-order valence-corrected chi connectivity index (χ0v) is 19.2. The van der Waals surface area contributed by atoms with E-state index in [-0.39, 0.29) is 29.8 Å². The van der Waals surface area contributed by atoms with Crippen molar-refractivity contribution in [2.24, 2.45) is 4.99 Å². The van der Waals surface area contributed by atoms with Crippen LogP contribution in [-0.4, -0.2) is 43.6 Å². The van der Waals surface area contributed by atoms with E-state index in [1.165, 1.54) is 17.7 Å². The maximum absolute atomic E-state index is 13.5. The third-order valence-electron chi connectivity index (χ3n) is 5.06. The molecular formula is C21H30FIN4O. The van der Waals surface area contributed by atoms with E-state index in [0.29, 0.717) is 18.2 Å². The van der Waals surface area contributed by atoms with E-state index < -0.39 is 0 Å². The van der Waals surface area contributed by atoms with Gasteiger partial charge in [0.1, 0.15) is 17.2 Å². The summed E-state index contributed by atoms with van der Waals surface area (Å²) in [5.41, 5.74) is 2.87. The van der Waals surface area contributed by atoms with Crippen molar-refractivity contribution < 1.29 is 8.81 Å². The van der Waals surface area contributed by atoms with Crippen molar-refractivity contribution in [1.29, 1.82) is 0 Å². The minimum Gasteiger partial charge on any atom is -0.459 e. The quantitative estimate of drug-likeness (QED) is 0.280. The van der Waals surface area contributed by atoms with E-state index in [1.807, 2.05) is 6.92 Å². The second-order valence-electron chi connectivity index (χ2n) is 7.37. The molecule has 0 saturated carbocycles. The Labute approximate surface area is 183 Å². The number of halogens is 2. The second-order valence-corrected chi connectivity index (χ2v) is 7.37. The van der Waals surface area contributed by atoms with Crippen LogP contribution in [0.25, 0.3) is 11.0 Å². The number of likely N-dealkylation sites (tertiary alicyclic amines) is 1. The molecule has 3 rings (SSSR count). The smallest absolute Gasteiger partial charge is 0.191 e. The maximum atomic E-state index is 13.5. The second kappa shape index (κ2) is 10.2. The Morgan fingerprint density at radius 1 is 1.36 bits per heavy atom. The molecule has 0 unspecified atom stereocenters. The highest BCUT2D eigenvalue weighted by atomic mass is 127. The summed E-state index contributed by atoms with van der Waals surface area (Å²) in [6, 6.07) is 5.02. The summed E-state index contributed by atoms with van der Waals surface area (Å²) in [7, 11) is 1.77. The van der Waals surface area contributed by atoms with Gasteiger partial charge in [-0.1, -0.05) is 12.2 Å². The van der Waals surface area contributed by atoms with Crippen LogP contribution in [0.2, 0.25) is 0 Å². The van der Waals surface area contributed by atoms with Crippen LogP contribution in [0.3, 0.4) is 0 Å². The minimum atomic E-state index is -0.249. The van der Waals surface area contributed by atoms with Crippen LogP contribution >= 0.6 is 24.0 Å². The van der Waals surface area contributed by atoms with Gasteiger partial charge in [0.25, 0.3) is 0 Å². The van der Waals surface area contributed by atoms with E-state index in [1.54, 1.807) is 13.1 Å². The summed E-state index contributed by atoms with van der Waals surface area (Å²) >= 11 is 0. The summed E-state index contributed by atoms with van der Waals surface area (Å²) in [6.07, 6.45) is 2.16. The molecule has 5 nitrogen and oxygen atoms in total. The topological polar surface area (TPSA) is 52.8 Å². The number of furan rings is 1. The van der Waals surface area contributed by atoms with Gasteiger partial charge in [-0.25, -0.2) is 4.39 Å². The van der Waals surface area contributed by atoms with Crippen molar-refractivity contribution in [3.63, 3.8) is 0 Å². The van der Waals surface area contributed by atoms with Crippen molar-refractivity contribution in [3.05, 3.63) is 47.5 Å². The molecule has 28 heavy (non-hydrogen) atoms. The van der Waals surface area contributed by atoms with Crippen molar-refractivity contribution >= 4 is 40.9 Å². The molecule has 7 heteroatoms. The van der Waals surface area contributed by atoms with Crippen LogP contribution < -0.4 is 10.6 Å². The highest BCUT2D eigenvalue weighted by Gasteiger charge is 2.20. The fourth-order valence-electron chi connectivity index (χ4n) is 3.58. The number of fused-ring (bicyclic) bond motifs is 1. The summed E-state index contributed by atoms with van der Waals surface area (Å²) in [5.74, 6) is 1.32. The van der Waals surface area contributed by atoms with E-state index >= 15 is 0 Å². The van der Waals surface area contributed by atoms with E-state index in [4.69, 9.17) is 4.42 Å². The first-order chi connectivity index (χ1) is 13.0. The third-order valence-corrected chi connectivity index (χ3v) is 5.06. The van der Waals surface area contributed by atoms with Gasteiger partial charge in [-0.05, 0) is 44.9 Å². The Hall–Kier alpha value is -1.61. The number of benzene rings is 1. The molecule has 0 spiro atoms. The molecule has 1 aromatic heterocycles. The lowest BCUT2D eigenvalue weighted by atomic mass is 10.0. The monoisotopic (exact) mass is 500 g/mol. The van der Waals surface area contributed by atoms with E-state index in [0.717, 1.165) is 55.1 Å². The minimum absolute atomic E-state index is 0. The number of rotatable bonds is 5. The number of piperidine rings is 1. The SMILES string of the molecule is C=C(C)CN1CCC(NC(=NC)NCc2oc3ccc(F)cc3c2C)CC1.I. The molecular weight excluding hydrogens is 470 g/mol. The standard InChI is InChI=1S/C21H29FN4O.HI/c1-14(2)13-26-9-7-17(8-10-26)25-21(23-4)24-12-20-15(3)18-11-16(22)5-6-19(18)27-20;/h5-6,11,17H,1,7-10,12-13H2,2-4H3,(H2,23,24,25);1H. The molecule has 0 atom stereocenters. The van der Waals surface area contributed by atoms with Gasteiger partial charge in [0.05, 0.1) is 6.54 Å². The van der Waals surface area contributed by atoms with Crippen molar-refractivity contribution in [1.82, 2.24) is 15.5 Å². The van der Waals surface area contributed by atoms with Gasteiger partial charge in [-0.15, -0.1) is 24.0 Å². The van der Waals surface area contributed by atoms with Crippen LogP contribution in [0.5, 0.6) is 0 Å². The van der Waals surface area contributed by atoms with Gasteiger partial charge in [0.2, 0.25) is 0 Å². The highest BCUT2D eigenvalue weighted by molar-refractivity contribution is 14.0. The van der Waals surface area contributed by atoms with Gasteiger partial charge in [0, 0.05) is 43.7 Å². The molecule has 154 valence electrons. The van der Waals surface area contributed by atoms with Crippen LogP contribution in [-0.2, 0) is 6.54 Å². The van der Waals surface area contributed by atoms with Gasteiger partial charge in [0.15, 0.2) is 5.96 Å². The number of nitrogens with one attached hydrogen (secondary N) is 2. The number of guanidine groups is 1. The fourth-order valence-corrected chi connectivity index (χ4v) is 3.58. The fraction of sp³-hybridized carbons (Fsp3) is 0.476. The summed E-state index contributed by atoms with van der Waals surface area (Å²) in [6.45, 7) is 11.6. The third kappa shape index (κ3) is 5.70. The summed E-state index contributed by atoms with van der Waals surface area (Å²) in [5, 5.41) is 7.64. The Morgan fingerprint density at radius 2 is 2.07 bits per heavy atom. The first-order valence-electron chi connectivity index (χ1n) is 9.47. The molecule has 1 aromatic carbocycles. The van der Waals surface area contributed by atoms with Crippen LogP contribution in [0.15, 0.2) is 39.8 Å². The van der Waals surface area contributed by atoms with E-state index in [9.17, 15) is 4.39 Å². The largest absolute Gasteiger partial charge is 0.459 e. The number of hydrogen-bond acceptors (Lipinski definition) is 3. The van der Waals surface area contributed by atoms with Crippen molar-refractivity contribution in [3.8, 4) is 0 Å². The lowest BCUT2D eigenvalue weighted by Gasteiger charge is -2.33. The van der Waals surface area contributed by atoms with Crippen molar-refractivity contribution in [2.75, 3.05) is 26.7 Å². The Balaban J connectivity index is 0.00000280. The summed E-state index contributed by atoms with van der Waals surface area (Å²) in [4.78, 5) is 6.77. The molecule has 0 aliphatic carbocycles. The number of aliphatic imine (C=N–C) groups is 1. The molecule has 2 N–H and O–H groups in total. The zero-order valence-electron chi connectivity index (χ0n) is 16.8. The van der Waals surface area contributed by atoms with Crippen LogP contribution in [0.4, 0.5) is 4.39 Å². The normalized spacial score (nSPS) is 16.1. The average molecular weight is 500 g/mol. The van der Waals surface area contributed by atoms with E-state index in [2.05, 4.69) is 34.0 Å². The lowest BCUT2D eigenvalue weighted by Crippen LogP contribution is -2.48. The predicted octanol–water partition coefficient (Wildman–Crippen LogP) is 4.20. The van der Waals surface area contributed by atoms with Gasteiger partial charge in [-0.2, -0.15) is 0 Å². The Kier molecular flexibility index (Phi) is 8.30. The number of nitrogens with zero attached hydrogens (tertiary/aromatic N) is 2. The maximum Gasteiger partial charge on any atom is 0.191 e. The summed E-state index contributed by atoms with van der Waals surface area (Å²) < 4.78 is 19.3. The molecule has 2 aromatic rings. The molecule has 1 aliphatic heterocycles. The molecule has 2 heterocycles. The molecule has 1 saturated heterocycles. The number of hydrogen-bond donors (Lipinski definition) is 2. The van der Waals surface area contributed by atoms with Crippen LogP contribution in [0.1, 0.15) is 31.1 Å². The first kappa shape index (κ1) is 22.7. The van der Waals surface area contributed by atoms with Gasteiger partial charge >= 0.3 is 0 Å². The highest BCUT2D eigenvalue weighted by Crippen LogP contribution is 2.25. The predicted molar refractivity (Wildman–Crippen MR) is 124 cm³/mol. The molecule has 1 aliphatic rings. The molecule has 0 bridgehead atoms. The van der Waals surface area contributed by atoms with Gasteiger partial charge < -0.3 is 15.1 Å². The Bertz CT molecular complexity index is 840. The molecule has 0 amide bonds.